The van der Waals surface area contributed by atoms with E-state index in [1.54, 1.807) is 18.4 Å². The molecule has 0 unspecified atom stereocenters. The first-order valence-corrected chi connectivity index (χ1v) is 9.89. The molecule has 0 aliphatic carbocycles. The molecule has 0 saturated carbocycles. The Labute approximate surface area is 158 Å². The number of amides is 1. The quantitative estimate of drug-likeness (QED) is 0.772. The van der Waals surface area contributed by atoms with E-state index in [1.165, 1.54) is 4.88 Å². The molecule has 1 saturated heterocycles. The van der Waals surface area contributed by atoms with Gasteiger partial charge in [-0.25, -0.2) is 0 Å². The van der Waals surface area contributed by atoms with Gasteiger partial charge in [-0.1, -0.05) is 18.2 Å². The molecular formula is C20H26N2O3S. The van der Waals surface area contributed by atoms with Crippen molar-refractivity contribution in [3.05, 3.63) is 52.2 Å². The highest BCUT2D eigenvalue weighted by atomic mass is 32.1. The van der Waals surface area contributed by atoms with Gasteiger partial charge >= 0.3 is 0 Å². The Bertz CT molecular complexity index is 667. The molecule has 1 aromatic carbocycles. The molecule has 1 atom stereocenters. The first-order valence-electron chi connectivity index (χ1n) is 9.01. The first-order chi connectivity index (χ1) is 12.8. The van der Waals surface area contributed by atoms with E-state index in [0.717, 1.165) is 44.0 Å². The van der Waals surface area contributed by atoms with Crippen LogP contribution >= 0.6 is 11.3 Å². The third kappa shape index (κ3) is 5.30. The van der Waals surface area contributed by atoms with Gasteiger partial charge in [0, 0.05) is 30.9 Å². The van der Waals surface area contributed by atoms with Gasteiger partial charge in [-0.15, -0.1) is 11.3 Å². The summed E-state index contributed by atoms with van der Waals surface area (Å²) in [4.78, 5) is 16.0. The second-order valence-electron chi connectivity index (χ2n) is 6.33. The molecule has 1 aliphatic heterocycles. The van der Waals surface area contributed by atoms with Crippen LogP contribution in [0.3, 0.4) is 0 Å². The average Bonchev–Trinajstić information content (AvgIpc) is 3.22. The highest BCUT2D eigenvalue weighted by Gasteiger charge is 2.23. The van der Waals surface area contributed by atoms with Gasteiger partial charge in [-0.05, 0) is 35.6 Å². The molecule has 3 rings (SSSR count). The lowest BCUT2D eigenvalue weighted by molar-refractivity contribution is -0.121. The van der Waals surface area contributed by atoms with E-state index < -0.39 is 0 Å². The van der Waals surface area contributed by atoms with Crippen molar-refractivity contribution in [3.63, 3.8) is 0 Å². The van der Waals surface area contributed by atoms with E-state index in [-0.39, 0.29) is 11.9 Å². The van der Waals surface area contributed by atoms with Crippen molar-refractivity contribution in [1.29, 1.82) is 0 Å². The zero-order chi connectivity index (χ0) is 18.2. The Hall–Kier alpha value is -1.89. The topological polar surface area (TPSA) is 50.8 Å². The van der Waals surface area contributed by atoms with Crippen LogP contribution in [0.1, 0.15) is 22.9 Å². The van der Waals surface area contributed by atoms with E-state index in [4.69, 9.17) is 9.47 Å². The van der Waals surface area contributed by atoms with Crippen molar-refractivity contribution in [2.45, 2.75) is 18.9 Å². The zero-order valence-corrected chi connectivity index (χ0v) is 16.0. The van der Waals surface area contributed by atoms with E-state index in [2.05, 4.69) is 27.7 Å². The summed E-state index contributed by atoms with van der Waals surface area (Å²) in [6.07, 6.45) is 1.23. The Balaban J connectivity index is 1.50. The molecule has 5 nitrogen and oxygen atoms in total. The number of hydrogen-bond acceptors (Lipinski definition) is 5. The number of nitrogens with zero attached hydrogens (tertiary/aromatic N) is 1. The largest absolute Gasteiger partial charge is 0.497 e. The van der Waals surface area contributed by atoms with Gasteiger partial charge in [0.2, 0.25) is 5.91 Å². The van der Waals surface area contributed by atoms with Gasteiger partial charge in [-0.3, -0.25) is 9.69 Å². The number of aryl methyl sites for hydroxylation is 1. The van der Waals surface area contributed by atoms with Gasteiger partial charge in [0.15, 0.2) is 0 Å². The summed E-state index contributed by atoms with van der Waals surface area (Å²) in [6.45, 7) is 3.97. The fraction of sp³-hybridized carbons (Fsp3) is 0.450. The molecule has 1 fully saturated rings. The van der Waals surface area contributed by atoms with E-state index >= 15 is 0 Å². The van der Waals surface area contributed by atoms with Crippen LogP contribution in [-0.2, 0) is 16.0 Å². The number of nitrogens with one attached hydrogen (secondary N) is 1. The van der Waals surface area contributed by atoms with Crippen LogP contribution < -0.4 is 10.1 Å². The number of carbonyl (C=O) groups is 1. The lowest BCUT2D eigenvalue weighted by Gasteiger charge is -2.34. The molecule has 0 spiro atoms. The molecule has 1 aromatic heterocycles. The Morgan fingerprint density at radius 3 is 2.69 bits per heavy atom. The lowest BCUT2D eigenvalue weighted by atomic mass is 10.1. The molecule has 0 radical (unpaired) electrons. The smallest absolute Gasteiger partial charge is 0.220 e. The molecule has 6 heteroatoms. The molecule has 140 valence electrons. The zero-order valence-electron chi connectivity index (χ0n) is 15.1. The number of ether oxygens (including phenoxy) is 2. The van der Waals surface area contributed by atoms with Crippen molar-refractivity contribution in [2.75, 3.05) is 40.0 Å². The minimum atomic E-state index is 0.0932. The summed E-state index contributed by atoms with van der Waals surface area (Å²) in [5.74, 6) is 0.929. The van der Waals surface area contributed by atoms with Gasteiger partial charge in [0.05, 0.1) is 26.4 Å². The van der Waals surface area contributed by atoms with Crippen molar-refractivity contribution < 1.29 is 14.3 Å². The summed E-state index contributed by atoms with van der Waals surface area (Å²) >= 11 is 1.74. The van der Waals surface area contributed by atoms with Crippen molar-refractivity contribution >= 4 is 17.2 Å². The molecule has 2 heterocycles. The van der Waals surface area contributed by atoms with Gasteiger partial charge in [0.25, 0.3) is 0 Å². The average molecular weight is 375 g/mol. The number of carbonyl (C=O) groups excluding carboxylic acids is 1. The molecule has 1 amide bonds. The molecule has 0 bridgehead atoms. The molecule has 2 aromatic rings. The van der Waals surface area contributed by atoms with Crippen LogP contribution in [0.25, 0.3) is 0 Å². The maximum absolute atomic E-state index is 12.3. The predicted molar refractivity (Wildman–Crippen MR) is 104 cm³/mol. The predicted octanol–water partition coefficient (Wildman–Crippen LogP) is 2.88. The normalized spacial score (nSPS) is 16.2. The maximum atomic E-state index is 12.3. The van der Waals surface area contributed by atoms with Crippen LogP contribution in [0.5, 0.6) is 5.75 Å². The summed E-state index contributed by atoms with van der Waals surface area (Å²) in [6, 6.07) is 12.3. The number of morpholine rings is 1. The number of rotatable bonds is 8. The van der Waals surface area contributed by atoms with Crippen molar-refractivity contribution in [3.8, 4) is 5.75 Å². The molecular weight excluding hydrogens is 348 g/mol. The van der Waals surface area contributed by atoms with Crippen LogP contribution in [0.4, 0.5) is 0 Å². The monoisotopic (exact) mass is 374 g/mol. The van der Waals surface area contributed by atoms with E-state index in [1.807, 2.05) is 24.3 Å². The minimum Gasteiger partial charge on any atom is -0.497 e. The Morgan fingerprint density at radius 2 is 2.04 bits per heavy atom. The first kappa shape index (κ1) is 18.9. The Kier molecular flexibility index (Phi) is 7.05. The van der Waals surface area contributed by atoms with Gasteiger partial charge in [-0.2, -0.15) is 0 Å². The number of methoxy groups -OCH3 is 1. The van der Waals surface area contributed by atoms with Crippen LogP contribution in [0.2, 0.25) is 0 Å². The fourth-order valence-electron chi connectivity index (χ4n) is 3.13. The van der Waals surface area contributed by atoms with Crippen molar-refractivity contribution in [2.24, 2.45) is 0 Å². The van der Waals surface area contributed by atoms with Gasteiger partial charge in [0.1, 0.15) is 5.75 Å². The lowest BCUT2D eigenvalue weighted by Crippen LogP contribution is -2.43. The summed E-state index contributed by atoms with van der Waals surface area (Å²) in [5, 5.41) is 5.21. The molecule has 1 aliphatic rings. The Morgan fingerprint density at radius 1 is 1.27 bits per heavy atom. The van der Waals surface area contributed by atoms with Crippen LogP contribution in [-0.4, -0.2) is 50.8 Å². The second kappa shape index (κ2) is 9.71. The van der Waals surface area contributed by atoms with Crippen molar-refractivity contribution in [1.82, 2.24) is 10.2 Å². The highest BCUT2D eigenvalue weighted by Crippen LogP contribution is 2.25. The highest BCUT2D eigenvalue weighted by molar-refractivity contribution is 7.10. The second-order valence-corrected chi connectivity index (χ2v) is 7.31. The fourth-order valence-corrected chi connectivity index (χ4v) is 3.99. The minimum absolute atomic E-state index is 0.0932. The van der Waals surface area contributed by atoms with Crippen LogP contribution in [0, 0.1) is 0 Å². The number of benzene rings is 1. The third-order valence-corrected chi connectivity index (χ3v) is 5.62. The maximum Gasteiger partial charge on any atom is 0.220 e. The summed E-state index contributed by atoms with van der Waals surface area (Å²) < 4.78 is 10.6. The van der Waals surface area contributed by atoms with E-state index in [0.29, 0.717) is 13.0 Å². The molecule has 1 N–H and O–H groups in total. The van der Waals surface area contributed by atoms with Gasteiger partial charge < -0.3 is 14.8 Å². The molecule has 26 heavy (non-hydrogen) atoms. The number of hydrogen-bond donors (Lipinski definition) is 1. The SMILES string of the molecule is COc1ccc(CCC(=O)NC[C@H](c2cccs2)N2CCOCC2)cc1. The standard InChI is InChI=1S/C20H26N2O3S/c1-24-17-7-4-16(5-8-17)6-9-20(23)21-15-18(19-3-2-14-26-19)22-10-12-25-13-11-22/h2-5,7-8,14,18H,6,9-13,15H2,1H3,(H,21,23)/t18-/m1/s1. The number of thiophene rings is 1. The summed E-state index contributed by atoms with van der Waals surface area (Å²) in [7, 11) is 1.65. The third-order valence-electron chi connectivity index (χ3n) is 4.65. The summed E-state index contributed by atoms with van der Waals surface area (Å²) in [5.41, 5.74) is 1.14. The van der Waals surface area contributed by atoms with Crippen LogP contribution in [0.15, 0.2) is 41.8 Å². The van der Waals surface area contributed by atoms with E-state index in [9.17, 15) is 4.79 Å².